The minimum Gasteiger partial charge on any atom is -0.365 e. The summed E-state index contributed by atoms with van der Waals surface area (Å²) >= 11 is 1.63. The summed E-state index contributed by atoms with van der Waals surface area (Å²) in [4.78, 5) is 26.3. The van der Waals surface area contributed by atoms with Crippen LogP contribution in [0.25, 0.3) is 10.3 Å². The normalized spacial score (nSPS) is 24.9. The highest BCUT2D eigenvalue weighted by Crippen LogP contribution is 2.18. The third kappa shape index (κ3) is 3.65. The molecule has 0 spiro atoms. The molecular weight excluding hydrogens is 312 g/mol. The van der Waals surface area contributed by atoms with E-state index in [-0.39, 0.29) is 5.91 Å². The van der Waals surface area contributed by atoms with Crippen molar-refractivity contribution in [3.05, 3.63) is 17.0 Å². The molecule has 23 heavy (non-hydrogen) atoms. The van der Waals surface area contributed by atoms with Crippen molar-refractivity contribution >= 4 is 27.6 Å². The first kappa shape index (κ1) is 16.2. The number of quaternary nitrogens is 2. The summed E-state index contributed by atoms with van der Waals surface area (Å²) in [5, 5.41) is 1.02. The lowest BCUT2D eigenvalue weighted by atomic mass is 10.2. The molecule has 0 bridgehead atoms. The van der Waals surface area contributed by atoms with Crippen LogP contribution in [0.3, 0.4) is 0 Å². The molecule has 0 aliphatic carbocycles. The predicted octanol–water partition coefficient (Wildman–Crippen LogP) is -0.885. The largest absolute Gasteiger partial charge is 0.365 e. The number of carbonyl (C=O) groups excluding carboxylic acids is 1. The maximum atomic E-state index is 11.3. The van der Waals surface area contributed by atoms with Gasteiger partial charge in [0.2, 0.25) is 0 Å². The van der Waals surface area contributed by atoms with Gasteiger partial charge in [-0.3, -0.25) is 4.79 Å². The first-order valence-electron chi connectivity index (χ1n) is 8.06. The van der Waals surface area contributed by atoms with Gasteiger partial charge in [-0.25, -0.2) is 15.0 Å². The molecule has 3 rings (SSSR count). The zero-order valence-electron chi connectivity index (χ0n) is 13.7. The molecule has 2 aromatic heterocycles. The third-order valence-electron chi connectivity index (χ3n) is 4.76. The fraction of sp³-hybridized carbons (Fsp3) is 0.600. The number of hydrogen-bond donors (Lipinski definition) is 2. The van der Waals surface area contributed by atoms with E-state index in [1.54, 1.807) is 11.3 Å². The average Bonchev–Trinajstić information content (AvgIpc) is 2.88. The van der Waals surface area contributed by atoms with Gasteiger partial charge < -0.3 is 15.1 Å². The molecule has 0 atom stereocenters. The molecule has 0 saturated carbocycles. The second-order valence-electron chi connectivity index (χ2n) is 6.36. The number of rotatable bonds is 5. The molecule has 3 N–H and O–H groups in total. The van der Waals surface area contributed by atoms with Crippen LogP contribution in [-0.2, 0) is 11.3 Å². The van der Waals surface area contributed by atoms with Crippen LogP contribution in [-0.4, -0.2) is 64.6 Å². The fourth-order valence-electron chi connectivity index (χ4n) is 3.31. The van der Waals surface area contributed by atoms with Crippen molar-refractivity contribution in [3.8, 4) is 0 Å². The van der Waals surface area contributed by atoms with E-state index >= 15 is 0 Å². The minimum absolute atomic E-state index is 0.206. The Labute approximate surface area is 139 Å². The Bertz CT molecular complexity index is 707. The highest BCUT2D eigenvalue weighted by Gasteiger charge is 2.35. The molecule has 0 aromatic carbocycles. The number of carbonyl (C=O) groups is 1. The number of hydrogen-bond acceptors (Lipinski definition) is 5. The Morgan fingerprint density at radius 1 is 1.39 bits per heavy atom. The molecule has 7 nitrogen and oxygen atoms in total. The van der Waals surface area contributed by atoms with E-state index in [0.29, 0.717) is 6.54 Å². The fourth-order valence-corrected chi connectivity index (χ4v) is 4.05. The summed E-state index contributed by atoms with van der Waals surface area (Å²) in [5.74, 6) is 0.646. The first-order chi connectivity index (χ1) is 11.0. The van der Waals surface area contributed by atoms with Gasteiger partial charge in [0.1, 0.15) is 32.7 Å². The average molecular weight is 336 g/mol. The van der Waals surface area contributed by atoms with Crippen molar-refractivity contribution < 1.29 is 14.2 Å². The summed E-state index contributed by atoms with van der Waals surface area (Å²) in [6, 6.07) is 0. The molecule has 3 heterocycles. The van der Waals surface area contributed by atoms with Gasteiger partial charge in [-0.15, -0.1) is 11.3 Å². The number of nitrogens with one attached hydrogen (secondary N) is 1. The SMILES string of the molecule is CC[N+]1(CC(N)=O)CC[NH+](Cc2ncc3sc(C)nc3n2)CC1. The number of nitrogens with zero attached hydrogens (tertiary/aromatic N) is 4. The van der Waals surface area contributed by atoms with Crippen molar-refractivity contribution in [2.75, 3.05) is 39.3 Å². The number of likely N-dealkylation sites (N-methyl/N-ethyl adjacent to an activating group) is 1. The Morgan fingerprint density at radius 2 is 2.13 bits per heavy atom. The highest BCUT2D eigenvalue weighted by atomic mass is 32.1. The second kappa shape index (κ2) is 6.46. The smallest absolute Gasteiger partial charge is 0.272 e. The molecule has 124 valence electrons. The molecule has 1 amide bonds. The maximum absolute atomic E-state index is 11.3. The van der Waals surface area contributed by atoms with Gasteiger partial charge in [0.05, 0.1) is 22.4 Å². The predicted molar refractivity (Wildman–Crippen MR) is 88.9 cm³/mol. The van der Waals surface area contributed by atoms with E-state index in [1.165, 1.54) is 4.90 Å². The van der Waals surface area contributed by atoms with Crippen LogP contribution < -0.4 is 10.6 Å². The summed E-state index contributed by atoms with van der Waals surface area (Å²) in [6.45, 7) is 10.3. The lowest BCUT2D eigenvalue weighted by Gasteiger charge is -2.41. The van der Waals surface area contributed by atoms with Gasteiger partial charge in [0.25, 0.3) is 5.91 Å². The van der Waals surface area contributed by atoms with Crippen molar-refractivity contribution in [2.24, 2.45) is 5.73 Å². The molecule has 1 fully saturated rings. The monoisotopic (exact) mass is 336 g/mol. The molecule has 1 aliphatic rings. The molecule has 0 unspecified atom stereocenters. The van der Waals surface area contributed by atoms with Gasteiger partial charge in [-0.2, -0.15) is 0 Å². The van der Waals surface area contributed by atoms with Gasteiger partial charge in [0.15, 0.2) is 18.0 Å². The minimum atomic E-state index is -0.206. The van der Waals surface area contributed by atoms with Crippen LogP contribution in [0.2, 0.25) is 0 Å². The van der Waals surface area contributed by atoms with Gasteiger partial charge in [-0.05, 0) is 13.8 Å². The van der Waals surface area contributed by atoms with Crippen LogP contribution in [0.5, 0.6) is 0 Å². The van der Waals surface area contributed by atoms with Gasteiger partial charge in [-0.1, -0.05) is 0 Å². The van der Waals surface area contributed by atoms with E-state index in [9.17, 15) is 4.79 Å². The second-order valence-corrected chi connectivity index (χ2v) is 7.60. The summed E-state index contributed by atoms with van der Waals surface area (Å²) in [6.07, 6.45) is 1.88. The number of aromatic nitrogens is 3. The number of amides is 1. The number of nitrogens with two attached hydrogens (primary N) is 1. The molecular formula is C15H24N6OS+2. The number of primary amides is 1. The van der Waals surface area contributed by atoms with Crippen LogP contribution >= 0.6 is 11.3 Å². The quantitative estimate of drug-likeness (QED) is 0.694. The van der Waals surface area contributed by atoms with E-state index in [4.69, 9.17) is 5.73 Å². The Hall–Kier alpha value is -1.64. The molecule has 0 radical (unpaired) electrons. The number of piperazine rings is 1. The van der Waals surface area contributed by atoms with Crippen molar-refractivity contribution in [1.82, 2.24) is 15.0 Å². The maximum Gasteiger partial charge on any atom is 0.272 e. The topological polar surface area (TPSA) is 86.2 Å². The summed E-state index contributed by atoms with van der Waals surface area (Å²) in [5.41, 5.74) is 6.22. The zero-order chi connectivity index (χ0) is 16.4. The van der Waals surface area contributed by atoms with E-state index in [2.05, 4.69) is 21.9 Å². The Morgan fingerprint density at radius 3 is 2.78 bits per heavy atom. The molecule has 1 aliphatic heterocycles. The van der Waals surface area contributed by atoms with Crippen LogP contribution in [0.15, 0.2) is 6.20 Å². The van der Waals surface area contributed by atoms with E-state index in [0.717, 1.165) is 64.9 Å². The molecule has 1 saturated heterocycles. The lowest BCUT2D eigenvalue weighted by molar-refractivity contribution is -1.02. The Balaban J connectivity index is 1.64. The van der Waals surface area contributed by atoms with Gasteiger partial charge in [0, 0.05) is 0 Å². The number of fused-ring (bicyclic) bond motifs is 1. The van der Waals surface area contributed by atoms with E-state index in [1.807, 2.05) is 13.1 Å². The zero-order valence-corrected chi connectivity index (χ0v) is 14.5. The summed E-state index contributed by atoms with van der Waals surface area (Å²) in [7, 11) is 0. The molecule has 8 heteroatoms. The van der Waals surface area contributed by atoms with Crippen molar-refractivity contribution in [1.29, 1.82) is 0 Å². The molecule has 2 aromatic rings. The third-order valence-corrected chi connectivity index (χ3v) is 5.65. The number of thiazole rings is 1. The van der Waals surface area contributed by atoms with Gasteiger partial charge >= 0.3 is 0 Å². The first-order valence-corrected chi connectivity index (χ1v) is 8.87. The standard InChI is InChI=1S/C15H22N6OS/c1-3-21(10-13(16)22)6-4-20(5-7-21)9-14-17-8-12-15(19-14)18-11(2)23-12/h8H,3-7,9-10H2,1-2H3,(H-,16,22)/p+2. The van der Waals surface area contributed by atoms with Crippen LogP contribution in [0, 0.1) is 6.92 Å². The van der Waals surface area contributed by atoms with Crippen LogP contribution in [0.4, 0.5) is 0 Å². The summed E-state index contributed by atoms with van der Waals surface area (Å²) < 4.78 is 1.85. The lowest BCUT2D eigenvalue weighted by Crippen LogP contribution is -3.14. The Kier molecular flexibility index (Phi) is 4.56. The van der Waals surface area contributed by atoms with Crippen molar-refractivity contribution in [2.45, 2.75) is 20.4 Å². The number of aryl methyl sites for hydroxylation is 1. The highest BCUT2D eigenvalue weighted by molar-refractivity contribution is 7.18. The van der Waals surface area contributed by atoms with E-state index < -0.39 is 0 Å². The van der Waals surface area contributed by atoms with Crippen molar-refractivity contribution in [3.63, 3.8) is 0 Å². The van der Waals surface area contributed by atoms with Crippen LogP contribution in [0.1, 0.15) is 17.8 Å².